The van der Waals surface area contributed by atoms with E-state index in [1.807, 2.05) is 0 Å². The van der Waals surface area contributed by atoms with Crippen LogP contribution in [0.4, 0.5) is 0 Å². The van der Waals surface area contributed by atoms with Crippen LogP contribution in [0.25, 0.3) is 0 Å². The number of carbonyl (C=O) groups excluding carboxylic acids is 3. The molecular weight excluding hydrogens is 358 g/mol. The summed E-state index contributed by atoms with van der Waals surface area (Å²) in [6.45, 7) is 0.102. The molecule has 0 aromatic carbocycles. The van der Waals surface area contributed by atoms with Gasteiger partial charge in [-0.1, -0.05) is 0 Å². The lowest BCUT2D eigenvalue weighted by atomic mass is 10.1. The lowest BCUT2D eigenvalue weighted by Crippen LogP contribution is -2.51. The number of aliphatic carboxylic acids is 1. The number of likely N-dealkylation sites (tertiary alicyclic amines) is 1. The number of nitrogens with two attached hydrogens (primary N) is 3. The van der Waals surface area contributed by atoms with Gasteiger partial charge in [-0.3, -0.25) is 19.4 Å². The Bertz CT molecular complexity index is 591. The van der Waals surface area contributed by atoms with E-state index in [1.54, 1.807) is 0 Å². The monoisotopic (exact) mass is 385 g/mol. The molecule has 0 aliphatic carbocycles. The van der Waals surface area contributed by atoms with Gasteiger partial charge in [-0.25, -0.2) is 4.79 Å². The molecule has 0 aromatic heterocycles. The Balaban J connectivity index is 2.45. The average molecular weight is 385 g/mol. The van der Waals surface area contributed by atoms with E-state index in [0.717, 1.165) is 0 Å². The summed E-state index contributed by atoms with van der Waals surface area (Å²) in [6, 6.07) is -1.78. The van der Waals surface area contributed by atoms with Crippen molar-refractivity contribution < 1.29 is 24.3 Å². The zero-order valence-electron chi connectivity index (χ0n) is 15.0. The third kappa shape index (κ3) is 7.48. The van der Waals surface area contributed by atoms with E-state index in [4.69, 9.17) is 22.3 Å². The highest BCUT2D eigenvalue weighted by atomic mass is 16.4. The number of nitrogens with one attached hydrogen (secondary N) is 2. The van der Waals surface area contributed by atoms with E-state index in [1.165, 1.54) is 4.90 Å². The van der Waals surface area contributed by atoms with Gasteiger partial charge in [-0.15, -0.1) is 0 Å². The molecule has 12 nitrogen and oxygen atoms in total. The van der Waals surface area contributed by atoms with E-state index in [0.29, 0.717) is 25.8 Å². The lowest BCUT2D eigenvalue weighted by molar-refractivity contribution is -0.142. The fraction of sp³-hybridized carbons (Fsp3) is 0.667. The Hall–Kier alpha value is -2.89. The molecule has 0 aromatic rings. The highest BCUT2D eigenvalue weighted by Gasteiger charge is 2.33. The number of carboxylic acid groups (broad SMARTS) is 1. The van der Waals surface area contributed by atoms with Crippen molar-refractivity contribution in [1.29, 1.82) is 0 Å². The van der Waals surface area contributed by atoms with E-state index in [-0.39, 0.29) is 31.4 Å². The third-order valence-corrected chi connectivity index (χ3v) is 4.05. The van der Waals surface area contributed by atoms with Crippen LogP contribution >= 0.6 is 0 Å². The van der Waals surface area contributed by atoms with Crippen molar-refractivity contribution in [3.63, 3.8) is 0 Å². The number of guanidine groups is 1. The standard InChI is InChI=1S/C15H27N7O5/c16-7-12(24)22-6-2-4-10(22)13(25)20-8-11(23)21-9(14(26)27)3-1-5-19-15(17)18/h9-10H,1-8,16H2,(H,20,25)(H,21,23)(H,26,27)(H4,17,18,19)/t9-,10-/m0/s1. The molecular formula is C15H27N7O5. The van der Waals surface area contributed by atoms with Crippen LogP contribution in [-0.4, -0.2) is 77.9 Å². The molecule has 9 N–H and O–H groups in total. The zero-order valence-corrected chi connectivity index (χ0v) is 15.0. The van der Waals surface area contributed by atoms with Crippen molar-refractivity contribution in [2.45, 2.75) is 37.8 Å². The smallest absolute Gasteiger partial charge is 0.326 e. The van der Waals surface area contributed by atoms with Crippen LogP contribution in [0.1, 0.15) is 25.7 Å². The van der Waals surface area contributed by atoms with Gasteiger partial charge in [-0.05, 0) is 25.7 Å². The maximum Gasteiger partial charge on any atom is 0.326 e. The van der Waals surface area contributed by atoms with Crippen molar-refractivity contribution in [2.24, 2.45) is 22.2 Å². The molecule has 12 heteroatoms. The van der Waals surface area contributed by atoms with Crippen molar-refractivity contribution in [3.05, 3.63) is 0 Å². The van der Waals surface area contributed by atoms with Gasteiger partial charge in [0.05, 0.1) is 13.1 Å². The molecule has 0 bridgehead atoms. The van der Waals surface area contributed by atoms with Crippen LogP contribution in [-0.2, 0) is 19.2 Å². The molecule has 1 saturated heterocycles. The van der Waals surface area contributed by atoms with Crippen molar-refractivity contribution in [1.82, 2.24) is 15.5 Å². The molecule has 1 heterocycles. The summed E-state index contributed by atoms with van der Waals surface area (Å²) in [7, 11) is 0. The second-order valence-electron chi connectivity index (χ2n) is 6.07. The van der Waals surface area contributed by atoms with Crippen LogP contribution in [0.3, 0.4) is 0 Å². The quantitative estimate of drug-likeness (QED) is 0.127. The Morgan fingerprint density at radius 3 is 2.56 bits per heavy atom. The molecule has 0 radical (unpaired) electrons. The van der Waals surface area contributed by atoms with Gasteiger partial charge in [0.25, 0.3) is 0 Å². The molecule has 1 aliphatic heterocycles. The molecule has 1 rings (SSSR count). The summed E-state index contributed by atoms with van der Waals surface area (Å²) in [5.74, 6) is -2.74. The van der Waals surface area contributed by atoms with E-state index < -0.39 is 36.4 Å². The summed E-state index contributed by atoms with van der Waals surface area (Å²) in [5, 5.41) is 13.9. The molecule has 27 heavy (non-hydrogen) atoms. The van der Waals surface area contributed by atoms with Gasteiger partial charge in [-0.2, -0.15) is 0 Å². The Labute approximate surface area is 156 Å². The Kier molecular flexibility index (Phi) is 8.99. The topological polar surface area (TPSA) is 206 Å². The number of carboxylic acids is 1. The summed E-state index contributed by atoms with van der Waals surface area (Å²) >= 11 is 0. The number of rotatable bonds is 10. The minimum absolute atomic E-state index is 0.0947. The minimum Gasteiger partial charge on any atom is -0.480 e. The van der Waals surface area contributed by atoms with Gasteiger partial charge in [0.1, 0.15) is 12.1 Å². The van der Waals surface area contributed by atoms with E-state index >= 15 is 0 Å². The largest absolute Gasteiger partial charge is 0.480 e. The number of hydrogen-bond acceptors (Lipinski definition) is 6. The average Bonchev–Trinajstić information content (AvgIpc) is 3.10. The summed E-state index contributed by atoms with van der Waals surface area (Å²) in [6.07, 6.45) is 1.65. The first-order valence-electron chi connectivity index (χ1n) is 8.61. The highest BCUT2D eigenvalue weighted by Crippen LogP contribution is 2.17. The number of hydrogen-bond donors (Lipinski definition) is 6. The van der Waals surface area contributed by atoms with E-state index in [2.05, 4.69) is 15.6 Å². The van der Waals surface area contributed by atoms with E-state index in [9.17, 15) is 19.2 Å². The van der Waals surface area contributed by atoms with Gasteiger partial charge in [0.2, 0.25) is 17.7 Å². The molecule has 1 fully saturated rings. The Morgan fingerprint density at radius 1 is 1.26 bits per heavy atom. The van der Waals surface area contributed by atoms with Gasteiger partial charge >= 0.3 is 5.97 Å². The second kappa shape index (κ2) is 11.0. The second-order valence-corrected chi connectivity index (χ2v) is 6.07. The van der Waals surface area contributed by atoms with Crippen molar-refractivity contribution >= 4 is 29.7 Å². The molecule has 152 valence electrons. The summed E-state index contributed by atoms with van der Waals surface area (Å²) < 4.78 is 0. The molecule has 0 saturated carbocycles. The fourth-order valence-corrected chi connectivity index (χ4v) is 2.75. The molecule has 0 unspecified atom stereocenters. The van der Waals surface area contributed by atoms with Crippen molar-refractivity contribution in [2.75, 3.05) is 26.2 Å². The molecule has 1 aliphatic rings. The third-order valence-electron chi connectivity index (χ3n) is 4.05. The SMILES string of the molecule is NCC(=O)N1CCC[C@H]1C(=O)NCC(=O)N[C@@H](CCCN=C(N)N)C(=O)O. The zero-order chi connectivity index (χ0) is 20.4. The predicted molar refractivity (Wildman–Crippen MR) is 96.3 cm³/mol. The first-order chi connectivity index (χ1) is 12.8. The van der Waals surface area contributed by atoms with Crippen LogP contribution in [0, 0.1) is 0 Å². The lowest BCUT2D eigenvalue weighted by Gasteiger charge is -2.23. The van der Waals surface area contributed by atoms with Crippen LogP contribution < -0.4 is 27.8 Å². The Morgan fingerprint density at radius 2 is 1.96 bits per heavy atom. The maximum absolute atomic E-state index is 12.2. The first-order valence-corrected chi connectivity index (χ1v) is 8.61. The maximum atomic E-state index is 12.2. The minimum atomic E-state index is -1.20. The predicted octanol–water partition coefficient (Wildman–Crippen LogP) is -3.32. The first kappa shape index (κ1) is 22.2. The van der Waals surface area contributed by atoms with Crippen LogP contribution in [0.15, 0.2) is 4.99 Å². The number of nitrogens with zero attached hydrogens (tertiary/aromatic N) is 2. The van der Waals surface area contributed by atoms with Gasteiger partial charge in [0, 0.05) is 13.1 Å². The number of amides is 3. The summed E-state index contributed by atoms with van der Waals surface area (Å²) in [4.78, 5) is 52.2. The van der Waals surface area contributed by atoms with Gasteiger partial charge < -0.3 is 37.8 Å². The normalized spacial score (nSPS) is 17.1. The molecule has 3 amide bonds. The molecule has 2 atom stereocenters. The van der Waals surface area contributed by atoms with Crippen LogP contribution in [0.2, 0.25) is 0 Å². The van der Waals surface area contributed by atoms with Crippen molar-refractivity contribution in [3.8, 4) is 0 Å². The summed E-state index contributed by atoms with van der Waals surface area (Å²) in [5.41, 5.74) is 15.7. The van der Waals surface area contributed by atoms with Gasteiger partial charge in [0.15, 0.2) is 5.96 Å². The highest BCUT2D eigenvalue weighted by molar-refractivity contribution is 5.92. The fourth-order valence-electron chi connectivity index (χ4n) is 2.75. The number of carbonyl (C=O) groups is 4. The molecule has 0 spiro atoms. The number of aliphatic imine (C=N–C) groups is 1. The van der Waals surface area contributed by atoms with Crippen LogP contribution in [0.5, 0.6) is 0 Å².